The van der Waals surface area contributed by atoms with Gasteiger partial charge >= 0.3 is 0 Å². The maximum absolute atomic E-state index is 4.21. The third kappa shape index (κ3) is 4.72. The van der Waals surface area contributed by atoms with E-state index in [1.54, 1.807) is 24.8 Å². The molecule has 0 saturated carbocycles. The fourth-order valence-electron chi connectivity index (χ4n) is 1.40. The topological polar surface area (TPSA) is 38.1 Å². The fourth-order valence-corrected chi connectivity index (χ4v) is 1.40. The molecule has 1 rings (SSSR count). The number of allylic oxidation sites excluding steroid dienone is 2. The Hall–Kier alpha value is -1.77. The third-order valence-electron chi connectivity index (χ3n) is 2.62. The second kappa shape index (κ2) is 7.49. The summed E-state index contributed by atoms with van der Waals surface area (Å²) in [6.45, 7) is 8.26. The van der Waals surface area contributed by atoms with Crippen LogP contribution in [0, 0.1) is 5.92 Å². The highest BCUT2D eigenvalue weighted by Gasteiger charge is 1.96. The zero-order valence-electron chi connectivity index (χ0n) is 10.5. The van der Waals surface area contributed by atoms with Crippen LogP contribution in [-0.4, -0.2) is 16.2 Å². The molecule has 0 aromatic carbocycles. The summed E-state index contributed by atoms with van der Waals surface area (Å²) in [6, 6.07) is 0. The van der Waals surface area contributed by atoms with Gasteiger partial charge in [0.1, 0.15) is 0 Å². The SMILES string of the molecule is C=C(C=N/C=C\C(CC)CC)c1cnccn1. The van der Waals surface area contributed by atoms with E-state index in [1.807, 2.05) is 6.20 Å². The molecule has 90 valence electrons. The van der Waals surface area contributed by atoms with Crippen molar-refractivity contribution in [1.29, 1.82) is 0 Å². The quantitative estimate of drug-likeness (QED) is 0.700. The van der Waals surface area contributed by atoms with Crippen LogP contribution in [0.4, 0.5) is 0 Å². The van der Waals surface area contributed by atoms with E-state index in [0.29, 0.717) is 5.92 Å². The number of aliphatic imine (C=N–C) groups is 1. The Bertz CT molecular complexity index is 389. The molecular weight excluding hydrogens is 210 g/mol. The molecule has 1 aromatic heterocycles. The van der Waals surface area contributed by atoms with Gasteiger partial charge in [-0.25, -0.2) is 0 Å². The van der Waals surface area contributed by atoms with Gasteiger partial charge in [0.05, 0.1) is 11.9 Å². The lowest BCUT2D eigenvalue weighted by molar-refractivity contribution is 0.605. The van der Waals surface area contributed by atoms with E-state index in [0.717, 1.165) is 24.1 Å². The van der Waals surface area contributed by atoms with Crippen LogP contribution in [0.5, 0.6) is 0 Å². The molecule has 0 unspecified atom stereocenters. The molecule has 0 radical (unpaired) electrons. The lowest BCUT2D eigenvalue weighted by Crippen LogP contribution is -1.90. The Kier molecular flexibility index (Phi) is 5.86. The van der Waals surface area contributed by atoms with Gasteiger partial charge in [0.25, 0.3) is 0 Å². The number of hydrogen-bond donors (Lipinski definition) is 0. The molecule has 0 aliphatic carbocycles. The van der Waals surface area contributed by atoms with Gasteiger partial charge in [-0.15, -0.1) is 0 Å². The summed E-state index contributed by atoms with van der Waals surface area (Å²) in [5, 5.41) is 0. The number of rotatable bonds is 6. The van der Waals surface area contributed by atoms with Crippen LogP contribution in [0.2, 0.25) is 0 Å². The Morgan fingerprint density at radius 2 is 2.18 bits per heavy atom. The summed E-state index contributed by atoms with van der Waals surface area (Å²) in [4.78, 5) is 12.3. The van der Waals surface area contributed by atoms with Gasteiger partial charge in [0.2, 0.25) is 0 Å². The zero-order valence-corrected chi connectivity index (χ0v) is 10.5. The van der Waals surface area contributed by atoms with E-state index in [4.69, 9.17) is 0 Å². The van der Waals surface area contributed by atoms with Crippen molar-refractivity contribution in [2.45, 2.75) is 26.7 Å². The molecule has 1 aromatic rings. The Morgan fingerprint density at radius 1 is 1.41 bits per heavy atom. The van der Waals surface area contributed by atoms with E-state index < -0.39 is 0 Å². The highest BCUT2D eigenvalue weighted by atomic mass is 14.8. The molecule has 0 bridgehead atoms. The van der Waals surface area contributed by atoms with Gasteiger partial charge < -0.3 is 0 Å². The lowest BCUT2D eigenvalue weighted by Gasteiger charge is -2.03. The van der Waals surface area contributed by atoms with Crippen LogP contribution in [0.1, 0.15) is 32.4 Å². The van der Waals surface area contributed by atoms with E-state index in [-0.39, 0.29) is 0 Å². The van der Waals surface area contributed by atoms with Crippen molar-refractivity contribution < 1.29 is 0 Å². The first-order valence-electron chi connectivity index (χ1n) is 5.93. The molecular formula is C14H19N3. The lowest BCUT2D eigenvalue weighted by atomic mass is 10.0. The molecule has 0 saturated heterocycles. The van der Waals surface area contributed by atoms with Gasteiger partial charge in [-0.2, -0.15) is 0 Å². The molecule has 0 N–H and O–H groups in total. The Morgan fingerprint density at radius 3 is 2.76 bits per heavy atom. The first-order valence-corrected chi connectivity index (χ1v) is 5.93. The number of hydrogen-bond acceptors (Lipinski definition) is 3. The maximum Gasteiger partial charge on any atom is 0.0894 e. The van der Waals surface area contributed by atoms with Gasteiger partial charge in [-0.3, -0.25) is 15.0 Å². The molecule has 3 nitrogen and oxygen atoms in total. The highest BCUT2D eigenvalue weighted by molar-refractivity contribution is 6.07. The summed E-state index contributed by atoms with van der Waals surface area (Å²) in [7, 11) is 0. The van der Waals surface area contributed by atoms with Crippen LogP contribution in [0.25, 0.3) is 5.57 Å². The third-order valence-corrected chi connectivity index (χ3v) is 2.62. The predicted octanol–water partition coefficient (Wildman–Crippen LogP) is 3.51. The second-order valence-electron chi connectivity index (χ2n) is 3.81. The zero-order chi connectivity index (χ0) is 12.5. The van der Waals surface area contributed by atoms with E-state index in [9.17, 15) is 0 Å². The first-order chi connectivity index (χ1) is 8.27. The molecule has 0 fully saturated rings. The first kappa shape index (κ1) is 13.3. The van der Waals surface area contributed by atoms with Crippen molar-refractivity contribution in [2.24, 2.45) is 10.9 Å². The van der Waals surface area contributed by atoms with Crippen LogP contribution in [0.3, 0.4) is 0 Å². The smallest absolute Gasteiger partial charge is 0.0894 e. The van der Waals surface area contributed by atoms with Crippen molar-refractivity contribution >= 4 is 11.8 Å². The average molecular weight is 229 g/mol. The summed E-state index contributed by atoms with van der Waals surface area (Å²) in [5.41, 5.74) is 1.53. The summed E-state index contributed by atoms with van der Waals surface area (Å²) < 4.78 is 0. The number of nitrogens with zero attached hydrogens (tertiary/aromatic N) is 3. The predicted molar refractivity (Wildman–Crippen MR) is 72.8 cm³/mol. The standard InChI is InChI=1S/C14H19N3/c1-4-13(5-2)6-7-15-10-12(3)14-11-16-8-9-17-14/h6-11,13H,3-5H2,1-2H3/b7-6-,15-10?. The second-order valence-corrected chi connectivity index (χ2v) is 3.81. The van der Waals surface area contributed by atoms with Crippen LogP contribution >= 0.6 is 0 Å². The summed E-state index contributed by atoms with van der Waals surface area (Å²) in [6.07, 6.45) is 12.9. The van der Waals surface area contributed by atoms with Crippen LogP contribution in [-0.2, 0) is 0 Å². The molecule has 0 amide bonds. The summed E-state index contributed by atoms with van der Waals surface area (Å²) >= 11 is 0. The van der Waals surface area contributed by atoms with Crippen molar-refractivity contribution in [1.82, 2.24) is 9.97 Å². The molecule has 0 spiro atoms. The van der Waals surface area contributed by atoms with Gasteiger partial charge in [0.15, 0.2) is 0 Å². The average Bonchev–Trinajstić information content (AvgIpc) is 2.40. The molecule has 1 heterocycles. The minimum absolute atomic E-state index is 0.608. The van der Waals surface area contributed by atoms with Gasteiger partial charge in [-0.1, -0.05) is 26.5 Å². The molecule has 17 heavy (non-hydrogen) atoms. The van der Waals surface area contributed by atoms with Crippen LogP contribution < -0.4 is 0 Å². The van der Waals surface area contributed by atoms with Crippen molar-refractivity contribution in [3.63, 3.8) is 0 Å². The fraction of sp³-hybridized carbons (Fsp3) is 0.357. The van der Waals surface area contributed by atoms with E-state index in [1.165, 1.54) is 0 Å². The minimum atomic E-state index is 0.608. The molecule has 0 aliphatic rings. The molecule has 3 heteroatoms. The number of aromatic nitrogens is 2. The highest BCUT2D eigenvalue weighted by Crippen LogP contribution is 2.09. The molecule has 0 atom stereocenters. The van der Waals surface area contributed by atoms with E-state index >= 15 is 0 Å². The van der Waals surface area contributed by atoms with Gasteiger partial charge in [-0.05, 0) is 18.8 Å². The monoisotopic (exact) mass is 229 g/mol. The normalized spacial score (nSPS) is 11.7. The minimum Gasteiger partial charge on any atom is -0.264 e. The van der Waals surface area contributed by atoms with Crippen molar-refractivity contribution in [2.75, 3.05) is 0 Å². The Balaban J connectivity index is 2.52. The Labute approximate surface area is 103 Å². The van der Waals surface area contributed by atoms with Crippen molar-refractivity contribution in [3.8, 4) is 0 Å². The van der Waals surface area contributed by atoms with Gasteiger partial charge in [0, 0.05) is 30.4 Å². The van der Waals surface area contributed by atoms with E-state index in [2.05, 4.69) is 41.5 Å². The summed E-state index contributed by atoms with van der Waals surface area (Å²) in [5.74, 6) is 0.608. The van der Waals surface area contributed by atoms with Crippen molar-refractivity contribution in [3.05, 3.63) is 43.1 Å². The molecule has 0 aliphatic heterocycles. The van der Waals surface area contributed by atoms with Crippen LogP contribution in [0.15, 0.2) is 42.4 Å². The maximum atomic E-state index is 4.21. The largest absolute Gasteiger partial charge is 0.264 e.